The summed E-state index contributed by atoms with van der Waals surface area (Å²) in [6, 6.07) is 8.46. The number of nitrogens with one attached hydrogen (secondary N) is 1. The number of aromatic nitrogens is 2. The van der Waals surface area contributed by atoms with Gasteiger partial charge in [0.05, 0.1) is 0 Å². The van der Waals surface area contributed by atoms with Crippen molar-refractivity contribution in [3.8, 4) is 0 Å². The summed E-state index contributed by atoms with van der Waals surface area (Å²) in [4.78, 5) is 0. The highest BCUT2D eigenvalue weighted by atomic mass is 35.5. The molecular formula is C16H22ClN3. The zero-order chi connectivity index (χ0) is 14.4. The molecule has 3 nitrogen and oxygen atoms in total. The Balaban J connectivity index is 2.25. The van der Waals surface area contributed by atoms with Crippen molar-refractivity contribution in [2.24, 2.45) is 0 Å². The zero-order valence-corrected chi connectivity index (χ0v) is 13.0. The fourth-order valence-corrected chi connectivity index (χ4v) is 2.66. The van der Waals surface area contributed by atoms with Gasteiger partial charge >= 0.3 is 0 Å². The predicted octanol–water partition coefficient (Wildman–Crippen LogP) is 5.05. The van der Waals surface area contributed by atoms with Gasteiger partial charge < -0.3 is 5.32 Å². The molecule has 4 heteroatoms. The summed E-state index contributed by atoms with van der Waals surface area (Å²) in [5.74, 6) is 0.847. The quantitative estimate of drug-likeness (QED) is 0.775. The normalized spacial score (nSPS) is 12.6. The summed E-state index contributed by atoms with van der Waals surface area (Å²) >= 11 is 6.11. The minimum Gasteiger partial charge on any atom is -0.365 e. The molecule has 0 radical (unpaired) electrons. The van der Waals surface area contributed by atoms with Crippen molar-refractivity contribution in [1.82, 2.24) is 10.2 Å². The van der Waals surface area contributed by atoms with Gasteiger partial charge in [-0.1, -0.05) is 69.0 Å². The summed E-state index contributed by atoms with van der Waals surface area (Å²) in [6.07, 6.45) is 5.94. The van der Waals surface area contributed by atoms with Gasteiger partial charge in [-0.2, -0.15) is 0 Å². The Hall–Kier alpha value is -1.35. The molecule has 0 aliphatic carbocycles. The topological polar surface area (TPSA) is 37.8 Å². The summed E-state index contributed by atoms with van der Waals surface area (Å²) in [7, 11) is 0. The molecule has 2 rings (SSSR count). The number of halogens is 1. The molecule has 0 fully saturated rings. The van der Waals surface area contributed by atoms with E-state index in [1.165, 1.54) is 25.7 Å². The molecule has 1 unspecified atom stereocenters. The molecule has 108 valence electrons. The maximum Gasteiger partial charge on any atom is 0.159 e. The lowest BCUT2D eigenvalue weighted by Gasteiger charge is -2.19. The number of unbranched alkanes of at least 4 members (excludes halogenated alkanes) is 1. The highest BCUT2D eigenvalue weighted by Crippen LogP contribution is 2.26. The SMILES string of the molecule is CCCCC(CCC)Nc1nnc(Cl)c2ccccc12. The van der Waals surface area contributed by atoms with Crippen LogP contribution in [0.25, 0.3) is 10.8 Å². The van der Waals surface area contributed by atoms with Gasteiger partial charge in [-0.25, -0.2) is 0 Å². The van der Waals surface area contributed by atoms with Crippen molar-refractivity contribution in [3.05, 3.63) is 29.4 Å². The van der Waals surface area contributed by atoms with Crippen LogP contribution < -0.4 is 5.32 Å². The predicted molar refractivity (Wildman–Crippen MR) is 86.4 cm³/mol. The first kappa shape index (κ1) is 15.0. The number of hydrogen-bond donors (Lipinski definition) is 1. The molecule has 1 N–H and O–H groups in total. The van der Waals surface area contributed by atoms with E-state index in [0.29, 0.717) is 11.2 Å². The van der Waals surface area contributed by atoms with Crippen molar-refractivity contribution < 1.29 is 0 Å². The van der Waals surface area contributed by atoms with Gasteiger partial charge in [0.25, 0.3) is 0 Å². The first-order chi connectivity index (χ1) is 9.76. The van der Waals surface area contributed by atoms with Crippen LogP contribution in [0.3, 0.4) is 0 Å². The van der Waals surface area contributed by atoms with E-state index in [1.54, 1.807) is 0 Å². The zero-order valence-electron chi connectivity index (χ0n) is 12.2. The van der Waals surface area contributed by atoms with E-state index in [2.05, 4.69) is 29.4 Å². The molecule has 1 aromatic heterocycles. The first-order valence-corrected chi connectivity index (χ1v) is 7.81. The molecule has 0 bridgehead atoms. The molecule has 0 aliphatic rings. The Morgan fingerprint density at radius 1 is 1.05 bits per heavy atom. The van der Waals surface area contributed by atoms with Gasteiger partial charge in [-0.05, 0) is 12.8 Å². The third-order valence-electron chi connectivity index (χ3n) is 3.53. The third-order valence-corrected chi connectivity index (χ3v) is 3.81. The van der Waals surface area contributed by atoms with E-state index in [0.717, 1.165) is 23.0 Å². The Kier molecular flexibility index (Phi) is 5.60. The maximum atomic E-state index is 6.11. The Morgan fingerprint density at radius 3 is 2.50 bits per heavy atom. The molecular weight excluding hydrogens is 270 g/mol. The molecule has 0 amide bonds. The summed E-state index contributed by atoms with van der Waals surface area (Å²) in [6.45, 7) is 4.44. The van der Waals surface area contributed by atoms with Crippen molar-refractivity contribution in [2.45, 2.75) is 52.0 Å². The van der Waals surface area contributed by atoms with E-state index in [1.807, 2.05) is 24.3 Å². The molecule has 2 aromatic rings. The van der Waals surface area contributed by atoms with Crippen LogP contribution in [-0.2, 0) is 0 Å². The Labute approximate surface area is 125 Å². The number of anilines is 1. The standard InChI is InChI=1S/C16H22ClN3/c1-3-5-9-12(8-4-2)18-16-14-11-7-6-10-13(14)15(17)19-20-16/h6-7,10-12H,3-5,8-9H2,1-2H3,(H,18,20). The second-order valence-corrected chi connectivity index (χ2v) is 5.52. The van der Waals surface area contributed by atoms with Crippen LogP contribution in [0.2, 0.25) is 5.15 Å². The highest BCUT2D eigenvalue weighted by Gasteiger charge is 2.12. The van der Waals surface area contributed by atoms with Crippen molar-refractivity contribution in [1.29, 1.82) is 0 Å². The van der Waals surface area contributed by atoms with Crippen molar-refractivity contribution in [2.75, 3.05) is 5.32 Å². The fourth-order valence-electron chi connectivity index (χ4n) is 2.46. The van der Waals surface area contributed by atoms with Gasteiger partial charge in [-0.15, -0.1) is 10.2 Å². The highest BCUT2D eigenvalue weighted by molar-refractivity contribution is 6.34. The van der Waals surface area contributed by atoms with E-state index in [4.69, 9.17) is 11.6 Å². The lowest BCUT2D eigenvalue weighted by molar-refractivity contribution is 0.562. The Morgan fingerprint density at radius 2 is 1.80 bits per heavy atom. The van der Waals surface area contributed by atoms with Gasteiger partial charge in [0.1, 0.15) is 0 Å². The lowest BCUT2D eigenvalue weighted by Crippen LogP contribution is -2.20. The van der Waals surface area contributed by atoms with Crippen LogP contribution in [0, 0.1) is 0 Å². The van der Waals surface area contributed by atoms with E-state index < -0.39 is 0 Å². The smallest absolute Gasteiger partial charge is 0.159 e. The average molecular weight is 292 g/mol. The van der Waals surface area contributed by atoms with Crippen LogP contribution >= 0.6 is 11.6 Å². The van der Waals surface area contributed by atoms with E-state index >= 15 is 0 Å². The molecule has 0 spiro atoms. The number of hydrogen-bond acceptors (Lipinski definition) is 3. The average Bonchev–Trinajstić information content (AvgIpc) is 2.48. The number of nitrogens with zero attached hydrogens (tertiary/aromatic N) is 2. The van der Waals surface area contributed by atoms with Crippen LogP contribution in [0.1, 0.15) is 46.0 Å². The fraction of sp³-hybridized carbons (Fsp3) is 0.500. The molecule has 0 aliphatic heterocycles. The van der Waals surface area contributed by atoms with Crippen LogP contribution in [-0.4, -0.2) is 16.2 Å². The molecule has 0 saturated heterocycles. The third kappa shape index (κ3) is 3.60. The van der Waals surface area contributed by atoms with E-state index in [-0.39, 0.29) is 0 Å². The number of benzene rings is 1. The summed E-state index contributed by atoms with van der Waals surface area (Å²) < 4.78 is 0. The minimum absolute atomic E-state index is 0.457. The van der Waals surface area contributed by atoms with Crippen molar-refractivity contribution >= 4 is 28.2 Å². The second kappa shape index (κ2) is 7.44. The van der Waals surface area contributed by atoms with Gasteiger partial charge in [-0.3, -0.25) is 0 Å². The summed E-state index contributed by atoms with van der Waals surface area (Å²) in [5, 5.41) is 14.3. The molecule has 1 aromatic carbocycles. The van der Waals surface area contributed by atoms with Crippen LogP contribution in [0.5, 0.6) is 0 Å². The van der Waals surface area contributed by atoms with Crippen LogP contribution in [0.15, 0.2) is 24.3 Å². The lowest BCUT2D eigenvalue weighted by atomic mass is 10.0. The molecule has 20 heavy (non-hydrogen) atoms. The van der Waals surface area contributed by atoms with Crippen LogP contribution in [0.4, 0.5) is 5.82 Å². The van der Waals surface area contributed by atoms with E-state index in [9.17, 15) is 0 Å². The Bertz CT molecular complexity index is 556. The molecule has 1 heterocycles. The van der Waals surface area contributed by atoms with Gasteiger partial charge in [0.2, 0.25) is 0 Å². The maximum absolute atomic E-state index is 6.11. The van der Waals surface area contributed by atoms with Gasteiger partial charge in [0, 0.05) is 16.8 Å². The largest absolute Gasteiger partial charge is 0.365 e. The number of fused-ring (bicyclic) bond motifs is 1. The number of rotatable bonds is 7. The van der Waals surface area contributed by atoms with Crippen molar-refractivity contribution in [3.63, 3.8) is 0 Å². The minimum atomic E-state index is 0.457. The first-order valence-electron chi connectivity index (χ1n) is 7.43. The van der Waals surface area contributed by atoms with Gasteiger partial charge in [0.15, 0.2) is 11.0 Å². The monoisotopic (exact) mass is 291 g/mol. The second-order valence-electron chi connectivity index (χ2n) is 5.16. The summed E-state index contributed by atoms with van der Waals surface area (Å²) in [5.41, 5.74) is 0. The molecule has 0 saturated carbocycles. The molecule has 1 atom stereocenters.